The summed E-state index contributed by atoms with van der Waals surface area (Å²) in [6.45, 7) is 1.57. The minimum absolute atomic E-state index is 0.231. The summed E-state index contributed by atoms with van der Waals surface area (Å²) in [6, 6.07) is 17.2. The summed E-state index contributed by atoms with van der Waals surface area (Å²) in [5.41, 5.74) is 2.22. The van der Waals surface area contributed by atoms with Crippen LogP contribution < -0.4 is 16.0 Å². The quantitative estimate of drug-likeness (QED) is 0.482. The van der Waals surface area contributed by atoms with Crippen molar-refractivity contribution >= 4 is 46.3 Å². The van der Waals surface area contributed by atoms with E-state index in [2.05, 4.69) is 16.0 Å². The first-order chi connectivity index (χ1) is 14.9. The molecule has 160 valence electrons. The maximum Gasteiger partial charge on any atom is 0.262 e. The van der Waals surface area contributed by atoms with Crippen molar-refractivity contribution < 1.29 is 14.4 Å². The van der Waals surface area contributed by atoms with Crippen LogP contribution in [0.2, 0.25) is 5.02 Å². The molecule has 3 N–H and O–H groups in total. The van der Waals surface area contributed by atoms with Crippen LogP contribution in [0.15, 0.2) is 66.0 Å². The normalized spacial score (nSPS) is 11.4. The fourth-order valence-electron chi connectivity index (χ4n) is 2.92. The third-order valence-corrected chi connectivity index (χ3v) is 5.89. The molecule has 8 heteroatoms. The Morgan fingerprint density at radius 3 is 2.48 bits per heavy atom. The highest BCUT2D eigenvalue weighted by atomic mass is 35.5. The molecule has 0 aliphatic rings. The maximum atomic E-state index is 12.8. The average Bonchev–Trinajstić information content (AvgIpc) is 3.31. The Kier molecular flexibility index (Phi) is 7.81. The molecular weight excluding hydrogens is 434 g/mol. The number of thiophene rings is 1. The Bertz CT molecular complexity index is 1060. The lowest BCUT2D eigenvalue weighted by atomic mass is 10.1. The first-order valence-corrected chi connectivity index (χ1v) is 10.9. The summed E-state index contributed by atoms with van der Waals surface area (Å²) in [6.07, 6.45) is 0.304. The van der Waals surface area contributed by atoms with Gasteiger partial charge in [-0.1, -0.05) is 54.1 Å². The molecule has 6 nitrogen and oxygen atoms in total. The lowest BCUT2D eigenvalue weighted by Gasteiger charge is -2.18. The van der Waals surface area contributed by atoms with E-state index in [9.17, 15) is 14.4 Å². The molecule has 3 amide bonds. The molecule has 1 heterocycles. The van der Waals surface area contributed by atoms with E-state index in [0.717, 1.165) is 11.1 Å². The smallest absolute Gasteiger partial charge is 0.262 e. The number of rotatable bonds is 8. The molecule has 1 unspecified atom stereocenters. The summed E-state index contributed by atoms with van der Waals surface area (Å²) >= 11 is 7.37. The van der Waals surface area contributed by atoms with Crippen molar-refractivity contribution in [1.29, 1.82) is 0 Å². The minimum Gasteiger partial charge on any atom is -0.345 e. The molecule has 0 fully saturated rings. The van der Waals surface area contributed by atoms with Gasteiger partial charge in [-0.15, -0.1) is 11.3 Å². The molecule has 1 atom stereocenters. The molecule has 0 aliphatic heterocycles. The summed E-state index contributed by atoms with van der Waals surface area (Å²) in [5, 5.41) is 10.5. The first-order valence-electron chi connectivity index (χ1n) is 9.65. The minimum atomic E-state index is -0.822. The fourth-order valence-corrected chi connectivity index (χ4v) is 3.73. The second-order valence-corrected chi connectivity index (χ2v) is 8.23. The molecule has 2 aromatic carbocycles. The van der Waals surface area contributed by atoms with Crippen LogP contribution in [0.3, 0.4) is 0 Å². The zero-order chi connectivity index (χ0) is 22.2. The molecule has 0 saturated heterocycles. The van der Waals surface area contributed by atoms with E-state index in [-0.39, 0.29) is 18.4 Å². The number of hydrogen-bond acceptors (Lipinski definition) is 4. The van der Waals surface area contributed by atoms with E-state index < -0.39 is 11.9 Å². The molecule has 0 bridgehead atoms. The van der Waals surface area contributed by atoms with E-state index in [1.165, 1.54) is 11.3 Å². The molecule has 0 saturated carbocycles. The molecule has 3 rings (SSSR count). The number of nitrogens with one attached hydrogen (secondary N) is 3. The molecule has 1 aromatic heterocycles. The fraction of sp³-hybridized carbons (Fsp3) is 0.174. The van der Waals surface area contributed by atoms with Crippen LogP contribution in [0.4, 0.5) is 5.69 Å². The number of amides is 3. The predicted molar refractivity (Wildman–Crippen MR) is 124 cm³/mol. The van der Waals surface area contributed by atoms with Crippen molar-refractivity contribution in [2.75, 3.05) is 11.9 Å². The molecular formula is C23H22ClN3O3S. The van der Waals surface area contributed by atoms with Crippen molar-refractivity contribution in [3.63, 3.8) is 0 Å². The number of hydrogen-bond donors (Lipinski definition) is 3. The van der Waals surface area contributed by atoms with E-state index in [0.29, 0.717) is 22.0 Å². The SMILES string of the molecule is Cc1c(Cl)cccc1NC(=O)CNC(=O)C(Cc1ccccc1)NC(=O)c1cccs1. The van der Waals surface area contributed by atoms with Gasteiger partial charge in [-0.05, 0) is 41.6 Å². The summed E-state index contributed by atoms with van der Waals surface area (Å²) in [7, 11) is 0. The van der Waals surface area contributed by atoms with Gasteiger partial charge in [0, 0.05) is 17.1 Å². The number of carbonyl (C=O) groups is 3. The van der Waals surface area contributed by atoms with Crippen molar-refractivity contribution in [3.05, 3.63) is 87.1 Å². The zero-order valence-corrected chi connectivity index (χ0v) is 18.4. The Morgan fingerprint density at radius 1 is 1.00 bits per heavy atom. The number of benzene rings is 2. The highest BCUT2D eigenvalue weighted by Gasteiger charge is 2.23. The van der Waals surface area contributed by atoms with Gasteiger partial charge < -0.3 is 16.0 Å². The molecule has 31 heavy (non-hydrogen) atoms. The predicted octanol–water partition coefficient (Wildman–Crippen LogP) is 3.81. The average molecular weight is 456 g/mol. The van der Waals surface area contributed by atoms with Gasteiger partial charge in [-0.25, -0.2) is 0 Å². The van der Waals surface area contributed by atoms with Gasteiger partial charge in [-0.3, -0.25) is 14.4 Å². The second-order valence-electron chi connectivity index (χ2n) is 6.87. The van der Waals surface area contributed by atoms with Crippen LogP contribution in [0.25, 0.3) is 0 Å². The summed E-state index contributed by atoms with van der Waals surface area (Å²) in [5.74, 6) is -1.15. The lowest BCUT2D eigenvalue weighted by molar-refractivity contribution is -0.125. The van der Waals surface area contributed by atoms with Crippen LogP contribution in [0.1, 0.15) is 20.8 Å². The van der Waals surface area contributed by atoms with E-state index in [4.69, 9.17) is 11.6 Å². The van der Waals surface area contributed by atoms with Crippen molar-refractivity contribution in [1.82, 2.24) is 10.6 Å². The molecule has 0 radical (unpaired) electrons. The maximum absolute atomic E-state index is 12.8. The van der Waals surface area contributed by atoms with Crippen LogP contribution in [-0.2, 0) is 16.0 Å². The highest BCUT2D eigenvalue weighted by molar-refractivity contribution is 7.12. The van der Waals surface area contributed by atoms with Gasteiger partial charge >= 0.3 is 0 Å². The number of anilines is 1. The topological polar surface area (TPSA) is 87.3 Å². The van der Waals surface area contributed by atoms with Crippen molar-refractivity contribution in [2.24, 2.45) is 0 Å². The van der Waals surface area contributed by atoms with Gasteiger partial charge in [0.1, 0.15) is 6.04 Å². The van der Waals surface area contributed by atoms with Crippen LogP contribution in [0.5, 0.6) is 0 Å². The number of halogens is 1. The largest absolute Gasteiger partial charge is 0.345 e. The summed E-state index contributed by atoms with van der Waals surface area (Å²) < 4.78 is 0. The van der Waals surface area contributed by atoms with Crippen molar-refractivity contribution in [2.45, 2.75) is 19.4 Å². The monoisotopic (exact) mass is 455 g/mol. The van der Waals surface area contributed by atoms with Crippen LogP contribution in [0, 0.1) is 6.92 Å². The van der Waals surface area contributed by atoms with Gasteiger partial charge in [0.05, 0.1) is 11.4 Å². The number of carbonyl (C=O) groups excluding carboxylic acids is 3. The Hall–Kier alpha value is -3.16. The van der Waals surface area contributed by atoms with Crippen molar-refractivity contribution in [3.8, 4) is 0 Å². The standard InChI is InChI=1S/C23H22ClN3O3S/c1-15-17(24)9-5-10-18(15)26-21(28)14-25-22(29)19(13-16-7-3-2-4-8-16)27-23(30)20-11-6-12-31-20/h2-12,19H,13-14H2,1H3,(H,25,29)(H,26,28)(H,27,30). The summed E-state index contributed by atoms with van der Waals surface area (Å²) in [4.78, 5) is 38.1. The van der Waals surface area contributed by atoms with Gasteiger partial charge in [0.2, 0.25) is 11.8 Å². The van der Waals surface area contributed by atoms with Crippen LogP contribution in [-0.4, -0.2) is 30.3 Å². The van der Waals surface area contributed by atoms with E-state index in [1.807, 2.05) is 30.3 Å². The Morgan fingerprint density at radius 2 is 1.77 bits per heavy atom. The van der Waals surface area contributed by atoms with Gasteiger partial charge in [0.25, 0.3) is 5.91 Å². The Labute approximate surface area is 189 Å². The third-order valence-electron chi connectivity index (χ3n) is 4.61. The van der Waals surface area contributed by atoms with Gasteiger partial charge in [-0.2, -0.15) is 0 Å². The first kappa shape index (κ1) is 22.5. The highest BCUT2D eigenvalue weighted by Crippen LogP contribution is 2.22. The van der Waals surface area contributed by atoms with Crippen LogP contribution >= 0.6 is 22.9 Å². The van der Waals surface area contributed by atoms with Gasteiger partial charge in [0.15, 0.2) is 0 Å². The molecule has 0 spiro atoms. The zero-order valence-electron chi connectivity index (χ0n) is 16.9. The van der Waals surface area contributed by atoms with E-state index in [1.54, 1.807) is 42.6 Å². The molecule has 3 aromatic rings. The third kappa shape index (κ3) is 6.41. The lowest BCUT2D eigenvalue weighted by Crippen LogP contribution is -2.49. The molecule has 0 aliphatic carbocycles. The second kappa shape index (κ2) is 10.7. The Balaban J connectivity index is 1.63. The van der Waals surface area contributed by atoms with E-state index >= 15 is 0 Å².